The molecule has 0 bridgehead atoms. The second-order valence-corrected chi connectivity index (χ2v) is 12.1. The summed E-state index contributed by atoms with van der Waals surface area (Å²) in [5.74, 6) is -0.263. The maximum absolute atomic E-state index is 14.8. The van der Waals surface area contributed by atoms with Crippen molar-refractivity contribution in [3.05, 3.63) is 71.7 Å². The number of halogens is 4. The first kappa shape index (κ1) is 33.2. The van der Waals surface area contributed by atoms with Gasteiger partial charge < -0.3 is 20.1 Å². The predicted molar refractivity (Wildman–Crippen MR) is 166 cm³/mol. The van der Waals surface area contributed by atoms with Crippen molar-refractivity contribution in [2.75, 3.05) is 10.6 Å². The molecule has 0 spiro atoms. The van der Waals surface area contributed by atoms with Crippen LogP contribution in [-0.4, -0.2) is 22.9 Å². The lowest BCUT2D eigenvalue weighted by Gasteiger charge is -2.21. The first-order valence-electron chi connectivity index (χ1n) is 16.0. The van der Waals surface area contributed by atoms with Gasteiger partial charge in [0.1, 0.15) is 17.3 Å². The zero-order valence-corrected chi connectivity index (χ0v) is 25.8. The number of anilines is 2. The normalized spacial score (nSPS) is 18.4. The van der Waals surface area contributed by atoms with E-state index in [2.05, 4.69) is 22.5 Å². The number of amides is 2. The molecule has 3 aromatic rings. The van der Waals surface area contributed by atoms with Crippen molar-refractivity contribution in [1.82, 2.24) is 4.98 Å². The minimum absolute atomic E-state index is 0.00454. The molecule has 0 aliphatic heterocycles. The topological polar surface area (TPSA) is 89.6 Å². The minimum atomic E-state index is -4.56. The second-order valence-electron chi connectivity index (χ2n) is 12.1. The summed E-state index contributed by atoms with van der Waals surface area (Å²) in [7, 11) is 0. The van der Waals surface area contributed by atoms with Gasteiger partial charge in [0.05, 0.1) is 11.7 Å². The molecule has 2 amide bonds. The number of carbonyl (C=O) groups excluding carboxylic acids is 2. The van der Waals surface area contributed by atoms with Gasteiger partial charge in [0.15, 0.2) is 11.6 Å². The van der Waals surface area contributed by atoms with Gasteiger partial charge in [0, 0.05) is 36.4 Å². The third-order valence-corrected chi connectivity index (χ3v) is 8.50. The van der Waals surface area contributed by atoms with Crippen molar-refractivity contribution in [2.45, 2.75) is 89.8 Å². The monoisotopic (exact) mass is 641 g/mol. The molecule has 2 aromatic carbocycles. The Labute approximate surface area is 266 Å². The van der Waals surface area contributed by atoms with Crippen molar-refractivity contribution in [3.63, 3.8) is 0 Å². The van der Waals surface area contributed by atoms with Gasteiger partial charge in [0.25, 0.3) is 0 Å². The van der Waals surface area contributed by atoms with E-state index >= 15 is 0 Å². The molecule has 2 saturated carbocycles. The number of nitrogens with zero attached hydrogens (tertiary/aromatic N) is 1. The number of ether oxygens (including phenoxy) is 2. The molecule has 2 aliphatic carbocycles. The Balaban J connectivity index is 1.12. The number of pyridine rings is 1. The number of alkyl halides is 3. The van der Waals surface area contributed by atoms with Crippen LogP contribution < -0.4 is 20.1 Å². The standard InChI is InChI=1S/C35H39F4N3O4/c1-2-22-5-3-7-26(14-9-22)45-30-15-10-23(19-28(30)35(37,38)39)6-4-8-33(43)41-25-13-16-31(29(36)20-25)46-27-17-18-40-32(21-27)42-34(44)24-11-12-24/h10,13,15-22,24,26H,2-9,11-12,14H2,1H3,(H,41,43)(H,40,42,44). The molecule has 2 atom stereocenters. The fraction of sp³-hybridized carbons (Fsp3) is 0.457. The molecule has 0 saturated heterocycles. The van der Waals surface area contributed by atoms with Crippen LogP contribution in [0.25, 0.3) is 0 Å². The summed E-state index contributed by atoms with van der Waals surface area (Å²) in [4.78, 5) is 28.6. The number of aryl methyl sites for hydroxylation is 1. The number of nitrogens with one attached hydrogen (secondary N) is 2. The molecule has 2 fully saturated rings. The Hall–Kier alpha value is -4.15. The summed E-state index contributed by atoms with van der Waals surface area (Å²) in [6, 6.07) is 11.1. The van der Waals surface area contributed by atoms with Gasteiger partial charge in [-0.25, -0.2) is 9.37 Å². The van der Waals surface area contributed by atoms with Gasteiger partial charge in [-0.3, -0.25) is 9.59 Å². The Morgan fingerprint density at radius 1 is 0.935 bits per heavy atom. The van der Waals surface area contributed by atoms with Crippen LogP contribution in [0.5, 0.6) is 17.2 Å². The lowest BCUT2D eigenvalue weighted by molar-refractivity contribution is -0.139. The van der Waals surface area contributed by atoms with E-state index in [4.69, 9.17) is 9.47 Å². The molecule has 5 rings (SSSR count). The summed E-state index contributed by atoms with van der Waals surface area (Å²) < 4.78 is 68.1. The summed E-state index contributed by atoms with van der Waals surface area (Å²) in [6.07, 6.45) is 4.50. The molecule has 2 N–H and O–H groups in total. The van der Waals surface area contributed by atoms with Crippen LogP contribution in [0.1, 0.15) is 82.3 Å². The molecular formula is C35H39F4N3O4. The molecule has 11 heteroatoms. The predicted octanol–water partition coefficient (Wildman–Crippen LogP) is 9.08. The smallest absolute Gasteiger partial charge is 0.419 e. The number of hydrogen-bond donors (Lipinski definition) is 2. The first-order chi connectivity index (χ1) is 22.1. The zero-order valence-electron chi connectivity index (χ0n) is 25.8. The fourth-order valence-electron chi connectivity index (χ4n) is 5.69. The molecule has 46 heavy (non-hydrogen) atoms. The van der Waals surface area contributed by atoms with E-state index in [0.717, 1.165) is 63.5 Å². The van der Waals surface area contributed by atoms with Gasteiger partial charge in [-0.1, -0.05) is 25.8 Å². The van der Waals surface area contributed by atoms with Crippen LogP contribution in [0.4, 0.5) is 29.1 Å². The van der Waals surface area contributed by atoms with Crippen LogP contribution in [0, 0.1) is 17.7 Å². The SMILES string of the molecule is CCC1CCCC(Oc2ccc(CCCC(=O)Nc3ccc(Oc4ccnc(NC(=O)C5CC5)c4)c(F)c3)cc2C(F)(F)F)CC1. The third-order valence-electron chi connectivity index (χ3n) is 8.50. The molecule has 2 unspecified atom stereocenters. The number of aromatic nitrogens is 1. The molecule has 1 aromatic heterocycles. The third kappa shape index (κ3) is 9.43. The molecule has 2 aliphatic rings. The summed E-state index contributed by atoms with van der Waals surface area (Å²) >= 11 is 0. The Morgan fingerprint density at radius 3 is 2.48 bits per heavy atom. The quantitative estimate of drug-likeness (QED) is 0.152. The van der Waals surface area contributed by atoms with Crippen molar-refractivity contribution in [2.24, 2.45) is 11.8 Å². The highest BCUT2D eigenvalue weighted by molar-refractivity contribution is 5.93. The van der Waals surface area contributed by atoms with Crippen molar-refractivity contribution >= 4 is 23.3 Å². The Morgan fingerprint density at radius 2 is 1.74 bits per heavy atom. The van der Waals surface area contributed by atoms with E-state index in [-0.39, 0.29) is 53.7 Å². The van der Waals surface area contributed by atoms with E-state index in [0.29, 0.717) is 23.7 Å². The highest BCUT2D eigenvalue weighted by Crippen LogP contribution is 2.39. The number of rotatable bonds is 12. The van der Waals surface area contributed by atoms with E-state index in [1.54, 1.807) is 6.07 Å². The van der Waals surface area contributed by atoms with E-state index in [1.165, 1.54) is 36.5 Å². The van der Waals surface area contributed by atoms with Crippen LogP contribution >= 0.6 is 0 Å². The molecule has 7 nitrogen and oxygen atoms in total. The van der Waals surface area contributed by atoms with Crippen molar-refractivity contribution < 1.29 is 36.6 Å². The second kappa shape index (κ2) is 15.0. The molecule has 246 valence electrons. The number of benzene rings is 2. The maximum Gasteiger partial charge on any atom is 0.419 e. The van der Waals surface area contributed by atoms with Gasteiger partial charge in [-0.2, -0.15) is 13.2 Å². The van der Waals surface area contributed by atoms with Crippen molar-refractivity contribution in [1.29, 1.82) is 0 Å². The Kier molecular flexibility index (Phi) is 10.8. The van der Waals surface area contributed by atoms with E-state index in [1.807, 2.05) is 0 Å². The highest BCUT2D eigenvalue weighted by atomic mass is 19.4. The maximum atomic E-state index is 14.8. The summed E-state index contributed by atoms with van der Waals surface area (Å²) in [5.41, 5.74) is -0.126. The zero-order chi connectivity index (χ0) is 32.7. The van der Waals surface area contributed by atoms with Crippen molar-refractivity contribution in [3.8, 4) is 17.2 Å². The van der Waals surface area contributed by atoms with Crippen LogP contribution in [0.3, 0.4) is 0 Å². The van der Waals surface area contributed by atoms with Gasteiger partial charge >= 0.3 is 6.18 Å². The number of carbonyl (C=O) groups is 2. The van der Waals surface area contributed by atoms with Crippen LogP contribution in [0.15, 0.2) is 54.7 Å². The van der Waals surface area contributed by atoms with Crippen LogP contribution in [0.2, 0.25) is 0 Å². The average molecular weight is 642 g/mol. The van der Waals surface area contributed by atoms with E-state index < -0.39 is 23.5 Å². The largest absolute Gasteiger partial charge is 0.490 e. The van der Waals surface area contributed by atoms with Crippen LogP contribution in [-0.2, 0) is 22.2 Å². The molecular weight excluding hydrogens is 602 g/mol. The average Bonchev–Trinajstić information content (AvgIpc) is 3.88. The Bertz CT molecular complexity index is 1530. The lowest BCUT2D eigenvalue weighted by atomic mass is 9.98. The lowest BCUT2D eigenvalue weighted by Crippen LogP contribution is -2.18. The molecule has 0 radical (unpaired) electrons. The highest BCUT2D eigenvalue weighted by Gasteiger charge is 2.35. The van der Waals surface area contributed by atoms with Gasteiger partial charge in [0.2, 0.25) is 11.8 Å². The number of hydrogen-bond acceptors (Lipinski definition) is 5. The minimum Gasteiger partial charge on any atom is -0.490 e. The molecule has 1 heterocycles. The summed E-state index contributed by atoms with van der Waals surface area (Å²) in [5, 5.41) is 5.32. The van der Waals surface area contributed by atoms with Gasteiger partial charge in [-0.15, -0.1) is 0 Å². The fourth-order valence-corrected chi connectivity index (χ4v) is 5.69. The van der Waals surface area contributed by atoms with E-state index in [9.17, 15) is 27.2 Å². The summed E-state index contributed by atoms with van der Waals surface area (Å²) in [6.45, 7) is 2.14. The first-order valence-corrected chi connectivity index (χ1v) is 16.0. The van der Waals surface area contributed by atoms with Gasteiger partial charge in [-0.05, 0) is 93.2 Å².